The minimum atomic E-state index is -0.111. The summed E-state index contributed by atoms with van der Waals surface area (Å²) < 4.78 is 5.04. The molecule has 0 saturated carbocycles. The number of ether oxygens (including phenoxy) is 1. The number of carbonyl (C=O) groups is 2. The number of nitrogens with zero attached hydrogens (tertiary/aromatic N) is 2. The Hall–Kier alpha value is -1.06. The Morgan fingerprint density at radius 1 is 1.33 bits per heavy atom. The van der Waals surface area contributed by atoms with Gasteiger partial charge in [0.15, 0.2) is 5.96 Å². The van der Waals surface area contributed by atoms with Gasteiger partial charge >= 0.3 is 5.97 Å². The lowest BCUT2D eigenvalue weighted by molar-refractivity contribution is -0.149. The predicted molar refractivity (Wildman–Crippen MR) is 91.8 cm³/mol. The number of esters is 1. The van der Waals surface area contributed by atoms with Gasteiger partial charge in [0.2, 0.25) is 5.91 Å². The maximum atomic E-state index is 11.7. The normalized spacial score (nSPS) is 16.0. The molecule has 0 bridgehead atoms. The van der Waals surface area contributed by atoms with Gasteiger partial charge in [-0.25, -0.2) is 0 Å². The summed E-state index contributed by atoms with van der Waals surface area (Å²) in [4.78, 5) is 29.1. The van der Waals surface area contributed by atoms with Gasteiger partial charge in [0.25, 0.3) is 0 Å². The van der Waals surface area contributed by atoms with Crippen molar-refractivity contribution in [1.82, 2.24) is 15.5 Å². The van der Waals surface area contributed by atoms with Crippen LogP contribution < -0.4 is 10.6 Å². The molecule has 1 aliphatic rings. The Kier molecular flexibility index (Phi) is 10.1. The number of rotatable bonds is 4. The first-order valence-electron chi connectivity index (χ1n) is 6.95. The number of likely N-dealkylation sites (N-methyl/N-ethyl adjacent to an activating group) is 1. The summed E-state index contributed by atoms with van der Waals surface area (Å²) in [5.41, 5.74) is 0. The van der Waals surface area contributed by atoms with E-state index in [1.54, 1.807) is 14.1 Å². The van der Waals surface area contributed by atoms with Crippen LogP contribution in [0.15, 0.2) is 4.99 Å². The first-order valence-corrected chi connectivity index (χ1v) is 6.95. The van der Waals surface area contributed by atoms with Crippen LogP contribution in [0.5, 0.6) is 0 Å². The summed E-state index contributed by atoms with van der Waals surface area (Å²) in [5, 5.41) is 5.55. The molecule has 1 fully saturated rings. The molecular weight excluding hydrogens is 387 g/mol. The zero-order chi connectivity index (χ0) is 15.0. The zero-order valence-electron chi connectivity index (χ0n) is 12.8. The minimum absolute atomic E-state index is 0. The number of piperidine rings is 1. The van der Waals surface area contributed by atoms with Crippen LogP contribution in [-0.4, -0.2) is 63.1 Å². The Balaban J connectivity index is 0.00000400. The number of halogens is 1. The number of hydrogen-bond acceptors (Lipinski definition) is 4. The highest BCUT2D eigenvalue weighted by molar-refractivity contribution is 14.0. The first kappa shape index (κ1) is 19.9. The summed E-state index contributed by atoms with van der Waals surface area (Å²) in [6, 6.07) is 0. The second kappa shape index (κ2) is 10.6. The van der Waals surface area contributed by atoms with Crippen LogP contribution in [0.2, 0.25) is 0 Å². The number of amides is 1. The number of hydrogen-bond donors (Lipinski definition) is 2. The maximum Gasteiger partial charge on any atom is 0.309 e. The van der Waals surface area contributed by atoms with E-state index in [0.717, 1.165) is 25.9 Å². The minimum Gasteiger partial charge on any atom is -0.466 e. The molecule has 1 heterocycles. The number of aliphatic imine (C=N–C) groups is 1. The van der Waals surface area contributed by atoms with Crippen molar-refractivity contribution in [3.8, 4) is 0 Å². The smallest absolute Gasteiger partial charge is 0.309 e. The summed E-state index contributed by atoms with van der Waals surface area (Å²) in [6.45, 7) is 3.90. The molecule has 0 radical (unpaired) electrons. The molecular formula is C13H25IN4O3. The molecule has 1 rings (SSSR count). The predicted octanol–water partition coefficient (Wildman–Crippen LogP) is 0.201. The number of guanidine groups is 1. The lowest BCUT2D eigenvalue weighted by Gasteiger charge is -2.33. The van der Waals surface area contributed by atoms with E-state index in [1.165, 1.54) is 0 Å². The third kappa shape index (κ3) is 6.49. The average Bonchev–Trinajstić information content (AvgIpc) is 2.48. The third-order valence-electron chi connectivity index (χ3n) is 3.31. The van der Waals surface area contributed by atoms with Gasteiger partial charge in [-0.05, 0) is 19.8 Å². The fourth-order valence-electron chi connectivity index (χ4n) is 2.17. The van der Waals surface area contributed by atoms with E-state index in [1.807, 2.05) is 6.92 Å². The van der Waals surface area contributed by atoms with E-state index in [-0.39, 0.29) is 48.3 Å². The van der Waals surface area contributed by atoms with Crippen molar-refractivity contribution in [3.05, 3.63) is 0 Å². The molecule has 21 heavy (non-hydrogen) atoms. The van der Waals surface area contributed by atoms with Gasteiger partial charge in [-0.1, -0.05) is 0 Å². The lowest BCUT2D eigenvalue weighted by Crippen LogP contribution is -2.48. The molecule has 1 aliphatic heterocycles. The molecule has 0 aromatic carbocycles. The number of carbonyl (C=O) groups excluding carboxylic acids is 2. The molecule has 2 N–H and O–H groups in total. The number of likely N-dealkylation sites (tertiary alicyclic amines) is 1. The Bertz CT molecular complexity index is 368. The van der Waals surface area contributed by atoms with Crippen LogP contribution in [0.3, 0.4) is 0 Å². The summed E-state index contributed by atoms with van der Waals surface area (Å²) in [6.07, 6.45) is 1.50. The van der Waals surface area contributed by atoms with Crippen LogP contribution in [-0.2, 0) is 14.3 Å². The van der Waals surface area contributed by atoms with Crippen molar-refractivity contribution >= 4 is 41.8 Å². The fraction of sp³-hybridized carbons (Fsp3) is 0.769. The SMILES string of the molecule is CCOC(=O)C1CCN(C(=NC)NCC(=O)NC)CC1.I. The topological polar surface area (TPSA) is 83.0 Å². The summed E-state index contributed by atoms with van der Waals surface area (Å²) in [7, 11) is 3.28. The fourth-order valence-corrected chi connectivity index (χ4v) is 2.17. The summed E-state index contributed by atoms with van der Waals surface area (Å²) in [5.74, 6) is 0.465. The molecule has 7 nitrogen and oxygen atoms in total. The van der Waals surface area contributed by atoms with Crippen molar-refractivity contribution < 1.29 is 14.3 Å². The van der Waals surface area contributed by atoms with Crippen molar-refractivity contribution in [2.24, 2.45) is 10.9 Å². The van der Waals surface area contributed by atoms with Crippen molar-refractivity contribution in [3.63, 3.8) is 0 Å². The highest BCUT2D eigenvalue weighted by Crippen LogP contribution is 2.18. The molecule has 0 aliphatic carbocycles. The van der Waals surface area contributed by atoms with E-state index in [0.29, 0.717) is 12.6 Å². The molecule has 0 spiro atoms. The van der Waals surface area contributed by atoms with E-state index in [2.05, 4.69) is 20.5 Å². The average molecular weight is 412 g/mol. The van der Waals surface area contributed by atoms with Crippen LogP contribution in [0.1, 0.15) is 19.8 Å². The highest BCUT2D eigenvalue weighted by Gasteiger charge is 2.27. The molecule has 0 aromatic heterocycles. The van der Waals surface area contributed by atoms with Gasteiger partial charge in [0.05, 0.1) is 19.1 Å². The lowest BCUT2D eigenvalue weighted by atomic mass is 9.97. The van der Waals surface area contributed by atoms with Gasteiger partial charge in [0.1, 0.15) is 0 Å². The maximum absolute atomic E-state index is 11.7. The van der Waals surface area contributed by atoms with E-state index >= 15 is 0 Å². The van der Waals surface area contributed by atoms with Gasteiger partial charge in [-0.15, -0.1) is 24.0 Å². The molecule has 0 atom stereocenters. The van der Waals surface area contributed by atoms with Gasteiger partial charge in [-0.2, -0.15) is 0 Å². The molecule has 0 aromatic rings. The van der Waals surface area contributed by atoms with Crippen LogP contribution in [0.4, 0.5) is 0 Å². The Morgan fingerprint density at radius 3 is 2.43 bits per heavy atom. The molecule has 122 valence electrons. The van der Waals surface area contributed by atoms with Crippen LogP contribution in [0.25, 0.3) is 0 Å². The largest absolute Gasteiger partial charge is 0.466 e. The van der Waals surface area contributed by atoms with Crippen molar-refractivity contribution in [2.45, 2.75) is 19.8 Å². The van der Waals surface area contributed by atoms with Gasteiger partial charge in [0, 0.05) is 27.2 Å². The second-order valence-electron chi connectivity index (χ2n) is 4.59. The Labute approximate surface area is 142 Å². The van der Waals surface area contributed by atoms with Gasteiger partial charge in [-0.3, -0.25) is 14.6 Å². The van der Waals surface area contributed by atoms with Crippen molar-refractivity contribution in [2.75, 3.05) is 40.3 Å². The zero-order valence-corrected chi connectivity index (χ0v) is 15.2. The monoisotopic (exact) mass is 412 g/mol. The van der Waals surface area contributed by atoms with E-state index in [4.69, 9.17) is 4.74 Å². The third-order valence-corrected chi connectivity index (χ3v) is 3.31. The summed E-state index contributed by atoms with van der Waals surface area (Å²) >= 11 is 0. The quantitative estimate of drug-likeness (QED) is 0.299. The van der Waals surface area contributed by atoms with Crippen LogP contribution in [0, 0.1) is 5.92 Å². The second-order valence-corrected chi connectivity index (χ2v) is 4.59. The van der Waals surface area contributed by atoms with E-state index in [9.17, 15) is 9.59 Å². The molecule has 1 amide bonds. The highest BCUT2D eigenvalue weighted by atomic mass is 127. The molecule has 0 unspecified atom stereocenters. The van der Waals surface area contributed by atoms with Crippen LogP contribution >= 0.6 is 24.0 Å². The Morgan fingerprint density at radius 2 is 1.95 bits per heavy atom. The van der Waals surface area contributed by atoms with Gasteiger partial charge < -0.3 is 20.3 Å². The molecule has 1 saturated heterocycles. The van der Waals surface area contributed by atoms with Crippen molar-refractivity contribution in [1.29, 1.82) is 0 Å². The number of nitrogens with one attached hydrogen (secondary N) is 2. The standard InChI is InChI=1S/C13H24N4O3.HI/c1-4-20-12(19)10-5-7-17(8-6-10)13(15-3)16-9-11(18)14-2;/h10H,4-9H2,1-3H3,(H,14,18)(H,15,16);1H. The molecule has 8 heteroatoms. The first-order chi connectivity index (χ1) is 9.62. The van der Waals surface area contributed by atoms with E-state index < -0.39 is 0 Å².